The van der Waals surface area contributed by atoms with Gasteiger partial charge in [0.2, 0.25) is 0 Å². The number of rotatable bonds is 3. The molecule has 4 fully saturated rings. The second kappa shape index (κ2) is 9.87. The van der Waals surface area contributed by atoms with E-state index in [9.17, 15) is 30.3 Å². The quantitative estimate of drug-likeness (QED) is 0.186. The lowest BCUT2D eigenvalue weighted by atomic mass is 9.32. The Balaban J connectivity index is 1.67. The number of carbonyl (C=O) groups excluding carboxylic acids is 1. The molecule has 12 atom stereocenters. The van der Waals surface area contributed by atoms with Crippen molar-refractivity contribution in [3.63, 3.8) is 0 Å². The zero-order valence-corrected chi connectivity index (χ0v) is 27.3. The van der Waals surface area contributed by atoms with Gasteiger partial charge in [-0.1, -0.05) is 66.2 Å². The maximum Gasteiger partial charge on any atom is 0.333 e. The van der Waals surface area contributed by atoms with E-state index in [2.05, 4.69) is 40.7 Å². The summed E-state index contributed by atoms with van der Waals surface area (Å²) in [4.78, 5) is 13.1. The number of carbonyl (C=O) groups is 1. The van der Waals surface area contributed by atoms with Crippen molar-refractivity contribution in [2.24, 2.45) is 50.2 Å². The van der Waals surface area contributed by atoms with Crippen LogP contribution in [0.1, 0.15) is 101 Å². The summed E-state index contributed by atoms with van der Waals surface area (Å²) in [5, 5.41) is 58.3. The Labute approximate surface area is 252 Å². The highest BCUT2D eigenvalue weighted by Crippen LogP contribution is 2.75. The highest BCUT2D eigenvalue weighted by molar-refractivity contribution is 5.87. The molecule has 5 aliphatic rings. The van der Waals surface area contributed by atoms with E-state index in [1.54, 1.807) is 19.9 Å². The zero-order chi connectivity index (χ0) is 31.4. The molecular weight excluding hydrogens is 532 g/mol. The van der Waals surface area contributed by atoms with Crippen molar-refractivity contribution >= 4 is 5.97 Å². The number of aliphatic hydroxyl groups excluding tert-OH is 5. The SMILES string of the molecule is CC=C(C)C(=O)O[C@H]1[C@H](O)C(C)(C)C[C@@H]2C3=CC[C@@H]4[C@@]5(C)CC[C@H](O)C(C)(C)C5CC[C@@]4(C)[C@]3(C)[C@@H](O)[C@@H](O)[C@]21CO. The van der Waals surface area contributed by atoms with Gasteiger partial charge in [-0.25, -0.2) is 4.79 Å². The van der Waals surface area contributed by atoms with Crippen molar-refractivity contribution in [3.8, 4) is 0 Å². The summed E-state index contributed by atoms with van der Waals surface area (Å²) in [5.41, 5.74) is -2.12. The van der Waals surface area contributed by atoms with Crippen LogP contribution in [0.3, 0.4) is 0 Å². The first-order valence-electron chi connectivity index (χ1n) is 16.2. The second-order valence-corrected chi connectivity index (χ2v) is 16.7. The number of esters is 1. The zero-order valence-electron chi connectivity index (χ0n) is 27.3. The topological polar surface area (TPSA) is 127 Å². The lowest BCUT2D eigenvalue weighted by Gasteiger charge is -2.73. The molecule has 0 aromatic rings. The van der Waals surface area contributed by atoms with Gasteiger partial charge in [0.1, 0.15) is 6.10 Å². The molecule has 42 heavy (non-hydrogen) atoms. The lowest BCUT2D eigenvalue weighted by Crippen LogP contribution is -2.76. The van der Waals surface area contributed by atoms with Crippen molar-refractivity contribution < 1.29 is 35.1 Å². The average molecular weight is 589 g/mol. The van der Waals surface area contributed by atoms with E-state index in [1.807, 2.05) is 13.8 Å². The molecule has 0 aliphatic heterocycles. The minimum atomic E-state index is -1.45. The maximum atomic E-state index is 13.1. The number of fused-ring (bicyclic) bond motifs is 7. The molecule has 0 aromatic heterocycles. The summed E-state index contributed by atoms with van der Waals surface area (Å²) in [6, 6.07) is 0. The van der Waals surface area contributed by atoms with Crippen molar-refractivity contribution in [1.82, 2.24) is 0 Å². The van der Waals surface area contributed by atoms with Gasteiger partial charge in [-0.05, 0) is 91.8 Å². The van der Waals surface area contributed by atoms with Crippen LogP contribution in [0.25, 0.3) is 0 Å². The Hall–Kier alpha value is -1.25. The number of hydrogen-bond donors (Lipinski definition) is 5. The molecule has 1 unspecified atom stereocenters. The fraction of sp³-hybridized carbons (Fsp3) is 0.857. The van der Waals surface area contributed by atoms with Crippen LogP contribution in [0.4, 0.5) is 0 Å². The van der Waals surface area contributed by atoms with Crippen LogP contribution in [-0.4, -0.2) is 68.6 Å². The van der Waals surface area contributed by atoms with Crippen LogP contribution >= 0.6 is 0 Å². The molecule has 0 spiro atoms. The Kier molecular flexibility index (Phi) is 7.56. The largest absolute Gasteiger partial charge is 0.455 e. The Morgan fingerprint density at radius 2 is 1.60 bits per heavy atom. The van der Waals surface area contributed by atoms with Crippen LogP contribution < -0.4 is 0 Å². The molecule has 4 saturated carbocycles. The van der Waals surface area contributed by atoms with E-state index in [-0.39, 0.29) is 28.3 Å². The van der Waals surface area contributed by atoms with Gasteiger partial charge in [0, 0.05) is 11.0 Å². The average Bonchev–Trinajstić information content (AvgIpc) is 2.92. The van der Waals surface area contributed by atoms with Gasteiger partial charge in [-0.15, -0.1) is 0 Å². The highest BCUT2D eigenvalue weighted by atomic mass is 16.6. The molecule has 5 aliphatic carbocycles. The number of aliphatic hydroxyl groups is 5. The van der Waals surface area contributed by atoms with E-state index < -0.39 is 59.2 Å². The van der Waals surface area contributed by atoms with E-state index in [1.165, 1.54) is 0 Å². The van der Waals surface area contributed by atoms with Crippen LogP contribution in [0, 0.1) is 50.2 Å². The van der Waals surface area contributed by atoms with Gasteiger partial charge in [0.05, 0.1) is 36.4 Å². The van der Waals surface area contributed by atoms with Gasteiger partial charge >= 0.3 is 5.97 Å². The molecule has 0 heterocycles. The summed E-state index contributed by atoms with van der Waals surface area (Å²) >= 11 is 0. The predicted molar refractivity (Wildman–Crippen MR) is 161 cm³/mol. The Bertz CT molecular complexity index is 1170. The maximum absolute atomic E-state index is 13.1. The van der Waals surface area contributed by atoms with Gasteiger partial charge < -0.3 is 30.3 Å². The number of ether oxygens (including phenoxy) is 1. The van der Waals surface area contributed by atoms with E-state index >= 15 is 0 Å². The number of allylic oxidation sites excluding steroid dienone is 2. The van der Waals surface area contributed by atoms with E-state index in [0.29, 0.717) is 17.9 Å². The normalized spacial score (nSPS) is 51.3. The van der Waals surface area contributed by atoms with Crippen LogP contribution in [0.15, 0.2) is 23.3 Å². The molecule has 7 nitrogen and oxygen atoms in total. The van der Waals surface area contributed by atoms with Gasteiger partial charge in [0.15, 0.2) is 0 Å². The molecule has 7 heteroatoms. The molecule has 0 amide bonds. The Morgan fingerprint density at radius 3 is 2.19 bits per heavy atom. The molecule has 5 N–H and O–H groups in total. The predicted octanol–water partition coefficient (Wildman–Crippen LogP) is 4.54. The van der Waals surface area contributed by atoms with Crippen LogP contribution in [0.2, 0.25) is 0 Å². The molecule has 5 rings (SSSR count). The first-order chi connectivity index (χ1) is 19.3. The third kappa shape index (κ3) is 3.79. The van der Waals surface area contributed by atoms with Crippen molar-refractivity contribution in [3.05, 3.63) is 23.3 Å². The fourth-order valence-electron chi connectivity index (χ4n) is 11.4. The summed E-state index contributed by atoms with van der Waals surface area (Å²) < 4.78 is 6.00. The molecule has 0 bridgehead atoms. The Morgan fingerprint density at radius 1 is 0.952 bits per heavy atom. The van der Waals surface area contributed by atoms with Gasteiger partial charge in [0.25, 0.3) is 0 Å². The molecule has 0 radical (unpaired) electrons. The van der Waals surface area contributed by atoms with Crippen molar-refractivity contribution in [2.45, 2.75) is 131 Å². The fourth-order valence-corrected chi connectivity index (χ4v) is 11.4. The first kappa shape index (κ1) is 32.2. The third-order valence-electron chi connectivity index (χ3n) is 14.5. The summed E-state index contributed by atoms with van der Waals surface area (Å²) in [6.07, 6.45) is 3.34. The first-order valence-corrected chi connectivity index (χ1v) is 16.2. The molecular formula is C35H56O7. The standard InChI is InChI=1S/C35H56O7/c1-10-19(2)29(41)42-28-27(40)30(3,4)17-21-20-11-12-23-32(7)15-14-24(37)31(5,6)22(32)13-16-33(23,8)34(20,9)25(38)26(39)35(21,28)18-36/h10-11,21-28,36-40H,12-18H2,1-9H3/t21-,22?,23-,24+,25+,26-,27+,28+,32+,33-,34+,35+/m1/s1. The van der Waals surface area contributed by atoms with Gasteiger partial charge in [-0.3, -0.25) is 0 Å². The van der Waals surface area contributed by atoms with Crippen molar-refractivity contribution in [1.29, 1.82) is 0 Å². The molecule has 0 saturated heterocycles. The van der Waals surface area contributed by atoms with Gasteiger partial charge in [-0.2, -0.15) is 0 Å². The molecule has 238 valence electrons. The van der Waals surface area contributed by atoms with E-state index in [0.717, 1.165) is 37.7 Å². The minimum Gasteiger partial charge on any atom is -0.455 e. The second-order valence-electron chi connectivity index (χ2n) is 16.7. The summed E-state index contributed by atoms with van der Waals surface area (Å²) in [7, 11) is 0. The van der Waals surface area contributed by atoms with Crippen LogP contribution in [0.5, 0.6) is 0 Å². The summed E-state index contributed by atoms with van der Waals surface area (Å²) in [6.45, 7) is 17.9. The molecule has 0 aromatic carbocycles. The summed E-state index contributed by atoms with van der Waals surface area (Å²) in [5.74, 6) is -0.421. The number of hydrogen-bond acceptors (Lipinski definition) is 7. The highest BCUT2D eigenvalue weighted by Gasteiger charge is 2.75. The smallest absolute Gasteiger partial charge is 0.333 e. The third-order valence-corrected chi connectivity index (χ3v) is 14.5. The monoisotopic (exact) mass is 588 g/mol. The lowest BCUT2D eigenvalue weighted by molar-refractivity contribution is -0.290. The van der Waals surface area contributed by atoms with E-state index in [4.69, 9.17) is 4.74 Å². The minimum absolute atomic E-state index is 0.0406. The van der Waals surface area contributed by atoms with Crippen molar-refractivity contribution in [2.75, 3.05) is 6.61 Å². The van der Waals surface area contributed by atoms with Crippen LogP contribution in [-0.2, 0) is 9.53 Å².